The van der Waals surface area contributed by atoms with Gasteiger partial charge >= 0.3 is 0 Å². The molecule has 4 nitrogen and oxygen atoms in total. The van der Waals surface area contributed by atoms with Crippen molar-refractivity contribution in [2.45, 2.75) is 31.7 Å². The van der Waals surface area contributed by atoms with Crippen molar-refractivity contribution < 1.29 is 9.53 Å². The van der Waals surface area contributed by atoms with Gasteiger partial charge in [-0.15, -0.1) is 0 Å². The number of nitrogens with two attached hydrogens (primary N) is 1. The zero-order chi connectivity index (χ0) is 12.3. The molecule has 1 aliphatic heterocycles. The van der Waals surface area contributed by atoms with Crippen LogP contribution in [0.5, 0.6) is 0 Å². The van der Waals surface area contributed by atoms with E-state index >= 15 is 0 Å². The Hall–Kier alpha value is -0.870. The predicted octanol–water partition coefficient (Wildman–Crippen LogP) is 0.919. The summed E-state index contributed by atoms with van der Waals surface area (Å²) in [5.74, 6) is 0.466. The molecule has 0 radical (unpaired) electrons. The van der Waals surface area contributed by atoms with Gasteiger partial charge in [0.1, 0.15) is 0 Å². The summed E-state index contributed by atoms with van der Waals surface area (Å²) < 4.78 is 5.10. The molecule has 2 atom stereocenters. The fraction of sp³-hybridized carbons (Fsp3) is 0.769. The van der Waals surface area contributed by atoms with Gasteiger partial charge in [-0.3, -0.25) is 4.79 Å². The SMILES string of the molecule is COCC1=CCN(C(=O)C2CCC(N)C2)CC1. The van der Waals surface area contributed by atoms with Crippen molar-refractivity contribution >= 4 is 5.91 Å². The van der Waals surface area contributed by atoms with Gasteiger partial charge in [0.15, 0.2) is 0 Å². The van der Waals surface area contributed by atoms with Crippen molar-refractivity contribution in [1.29, 1.82) is 0 Å². The Kier molecular flexibility index (Phi) is 4.18. The number of nitrogens with zero attached hydrogens (tertiary/aromatic N) is 1. The van der Waals surface area contributed by atoms with Crippen molar-refractivity contribution in [1.82, 2.24) is 4.90 Å². The summed E-state index contributed by atoms with van der Waals surface area (Å²) in [6, 6.07) is 0.230. The molecule has 17 heavy (non-hydrogen) atoms. The molecule has 0 aromatic heterocycles. The van der Waals surface area contributed by atoms with E-state index in [2.05, 4.69) is 6.08 Å². The van der Waals surface area contributed by atoms with E-state index in [1.165, 1.54) is 5.57 Å². The Morgan fingerprint density at radius 1 is 1.59 bits per heavy atom. The molecule has 96 valence electrons. The van der Waals surface area contributed by atoms with Crippen LogP contribution in [0.4, 0.5) is 0 Å². The number of carbonyl (C=O) groups is 1. The summed E-state index contributed by atoms with van der Waals surface area (Å²) in [5, 5.41) is 0. The monoisotopic (exact) mass is 238 g/mol. The molecule has 1 saturated carbocycles. The Bertz CT molecular complexity index is 315. The van der Waals surface area contributed by atoms with Gasteiger partial charge in [-0.2, -0.15) is 0 Å². The van der Waals surface area contributed by atoms with Gasteiger partial charge in [-0.1, -0.05) is 6.08 Å². The van der Waals surface area contributed by atoms with Crippen molar-refractivity contribution in [3.8, 4) is 0 Å². The van der Waals surface area contributed by atoms with Crippen LogP contribution in [0.3, 0.4) is 0 Å². The van der Waals surface area contributed by atoms with Crippen LogP contribution < -0.4 is 5.73 Å². The van der Waals surface area contributed by atoms with Crippen molar-refractivity contribution in [2.75, 3.05) is 26.8 Å². The maximum atomic E-state index is 12.2. The average molecular weight is 238 g/mol. The van der Waals surface area contributed by atoms with Crippen LogP contribution in [0.1, 0.15) is 25.7 Å². The maximum Gasteiger partial charge on any atom is 0.226 e. The maximum absolute atomic E-state index is 12.2. The highest BCUT2D eigenvalue weighted by Gasteiger charge is 2.31. The third-order valence-corrected chi connectivity index (χ3v) is 3.77. The first-order valence-electron chi connectivity index (χ1n) is 6.42. The standard InChI is InChI=1S/C13H22N2O2/c1-17-9-10-4-6-15(7-5-10)13(16)11-2-3-12(14)8-11/h4,11-12H,2-3,5-9,14H2,1H3. The molecule has 0 bridgehead atoms. The van der Waals surface area contributed by atoms with Gasteiger partial charge in [0.2, 0.25) is 5.91 Å². The molecule has 2 aliphatic rings. The molecule has 2 rings (SSSR count). The van der Waals surface area contributed by atoms with E-state index < -0.39 is 0 Å². The Morgan fingerprint density at radius 3 is 2.94 bits per heavy atom. The lowest BCUT2D eigenvalue weighted by atomic mass is 10.0. The summed E-state index contributed by atoms with van der Waals surface area (Å²) >= 11 is 0. The van der Waals surface area contributed by atoms with Crippen LogP contribution in [0.15, 0.2) is 11.6 Å². The number of rotatable bonds is 3. The largest absolute Gasteiger partial charge is 0.380 e. The van der Waals surface area contributed by atoms with Crippen LogP contribution in [-0.2, 0) is 9.53 Å². The summed E-state index contributed by atoms with van der Waals surface area (Å²) in [5.41, 5.74) is 7.16. The minimum atomic E-state index is 0.169. The highest BCUT2D eigenvalue weighted by Crippen LogP contribution is 2.27. The third-order valence-electron chi connectivity index (χ3n) is 3.77. The van der Waals surface area contributed by atoms with Gasteiger partial charge in [0.05, 0.1) is 6.61 Å². The van der Waals surface area contributed by atoms with Crippen LogP contribution in [0, 0.1) is 5.92 Å². The molecule has 0 aromatic carbocycles. The average Bonchev–Trinajstić information content (AvgIpc) is 2.76. The number of carbonyl (C=O) groups excluding carboxylic acids is 1. The second kappa shape index (κ2) is 5.65. The predicted molar refractivity (Wildman–Crippen MR) is 66.5 cm³/mol. The highest BCUT2D eigenvalue weighted by molar-refractivity contribution is 5.79. The number of amides is 1. The third kappa shape index (κ3) is 3.07. The zero-order valence-corrected chi connectivity index (χ0v) is 10.5. The first-order valence-corrected chi connectivity index (χ1v) is 6.42. The molecular weight excluding hydrogens is 216 g/mol. The van der Waals surface area contributed by atoms with Gasteiger partial charge in [-0.05, 0) is 31.3 Å². The summed E-state index contributed by atoms with van der Waals surface area (Å²) in [4.78, 5) is 14.2. The quantitative estimate of drug-likeness (QED) is 0.744. The smallest absolute Gasteiger partial charge is 0.226 e. The van der Waals surface area contributed by atoms with E-state index in [0.717, 1.165) is 38.8 Å². The second-order valence-corrected chi connectivity index (χ2v) is 5.10. The summed E-state index contributed by atoms with van der Waals surface area (Å²) in [6.07, 6.45) is 5.89. The number of hydrogen-bond acceptors (Lipinski definition) is 3. The number of ether oxygens (including phenoxy) is 1. The van der Waals surface area contributed by atoms with Crippen LogP contribution in [0.25, 0.3) is 0 Å². The minimum absolute atomic E-state index is 0.169. The molecule has 1 amide bonds. The molecule has 1 fully saturated rings. The molecular formula is C13H22N2O2. The molecule has 2 N–H and O–H groups in total. The molecule has 0 spiro atoms. The van der Waals surface area contributed by atoms with E-state index in [-0.39, 0.29) is 12.0 Å². The fourth-order valence-electron chi connectivity index (χ4n) is 2.73. The number of hydrogen-bond donors (Lipinski definition) is 1. The molecule has 1 heterocycles. The Balaban J connectivity index is 1.86. The lowest BCUT2D eigenvalue weighted by Gasteiger charge is -2.28. The molecule has 2 unspecified atom stereocenters. The zero-order valence-electron chi connectivity index (χ0n) is 10.5. The van der Waals surface area contributed by atoms with Gasteiger partial charge in [-0.25, -0.2) is 0 Å². The van der Waals surface area contributed by atoms with E-state index in [4.69, 9.17) is 10.5 Å². The van der Waals surface area contributed by atoms with Crippen molar-refractivity contribution in [3.05, 3.63) is 11.6 Å². The van der Waals surface area contributed by atoms with E-state index in [9.17, 15) is 4.79 Å². The minimum Gasteiger partial charge on any atom is -0.380 e. The molecule has 4 heteroatoms. The summed E-state index contributed by atoms with van der Waals surface area (Å²) in [7, 11) is 1.71. The van der Waals surface area contributed by atoms with Gasteiger partial charge < -0.3 is 15.4 Å². The highest BCUT2D eigenvalue weighted by atomic mass is 16.5. The van der Waals surface area contributed by atoms with E-state index in [0.29, 0.717) is 12.5 Å². The number of methoxy groups -OCH3 is 1. The van der Waals surface area contributed by atoms with Crippen LogP contribution >= 0.6 is 0 Å². The second-order valence-electron chi connectivity index (χ2n) is 5.10. The van der Waals surface area contributed by atoms with E-state index in [1.807, 2.05) is 4.90 Å². The molecule has 0 saturated heterocycles. The summed E-state index contributed by atoms with van der Waals surface area (Å²) in [6.45, 7) is 2.26. The van der Waals surface area contributed by atoms with Crippen molar-refractivity contribution in [3.63, 3.8) is 0 Å². The lowest BCUT2D eigenvalue weighted by molar-refractivity contribution is -0.135. The Morgan fingerprint density at radius 2 is 2.41 bits per heavy atom. The van der Waals surface area contributed by atoms with Crippen LogP contribution in [-0.4, -0.2) is 43.7 Å². The van der Waals surface area contributed by atoms with Crippen LogP contribution in [0.2, 0.25) is 0 Å². The molecule has 1 aliphatic carbocycles. The first-order chi connectivity index (χ1) is 8.20. The van der Waals surface area contributed by atoms with E-state index in [1.54, 1.807) is 7.11 Å². The topological polar surface area (TPSA) is 55.6 Å². The van der Waals surface area contributed by atoms with Crippen molar-refractivity contribution in [2.24, 2.45) is 11.7 Å². The lowest BCUT2D eigenvalue weighted by Crippen LogP contribution is -2.39. The first kappa shape index (κ1) is 12.6. The Labute approximate surface area is 103 Å². The molecule has 0 aromatic rings. The van der Waals surface area contributed by atoms with Gasteiger partial charge in [0.25, 0.3) is 0 Å². The van der Waals surface area contributed by atoms with Gasteiger partial charge in [0, 0.05) is 32.2 Å². The fourth-order valence-corrected chi connectivity index (χ4v) is 2.73. The normalized spacial score (nSPS) is 29.3.